The van der Waals surface area contributed by atoms with Crippen molar-refractivity contribution in [2.75, 3.05) is 5.32 Å². The third-order valence-electron chi connectivity index (χ3n) is 7.21. The molecule has 2 N–H and O–H groups in total. The molecule has 1 heterocycles. The van der Waals surface area contributed by atoms with E-state index in [1.807, 2.05) is 32.0 Å². The van der Waals surface area contributed by atoms with Gasteiger partial charge in [-0.15, -0.1) is 0 Å². The molecule has 178 valence electrons. The van der Waals surface area contributed by atoms with Crippen LogP contribution in [-0.2, 0) is 9.59 Å². The molecule has 0 radical (unpaired) electrons. The van der Waals surface area contributed by atoms with E-state index >= 15 is 0 Å². The Kier molecular flexibility index (Phi) is 6.91. The van der Waals surface area contributed by atoms with Crippen LogP contribution in [0.2, 0.25) is 0 Å². The summed E-state index contributed by atoms with van der Waals surface area (Å²) in [6, 6.07) is 5.79. The van der Waals surface area contributed by atoms with E-state index in [-0.39, 0.29) is 18.7 Å². The lowest BCUT2D eigenvalue weighted by molar-refractivity contribution is -0.137. The number of anilines is 1. The van der Waals surface area contributed by atoms with Gasteiger partial charge in [0.25, 0.3) is 0 Å². The summed E-state index contributed by atoms with van der Waals surface area (Å²) >= 11 is 0. The van der Waals surface area contributed by atoms with E-state index in [0.29, 0.717) is 23.4 Å². The monoisotopic (exact) mass is 452 g/mol. The van der Waals surface area contributed by atoms with Gasteiger partial charge in [0.2, 0.25) is 5.91 Å². The van der Waals surface area contributed by atoms with Crippen LogP contribution in [0.1, 0.15) is 105 Å². The number of carbonyl (C=O) groups excluding carboxylic acids is 1. The van der Waals surface area contributed by atoms with E-state index in [4.69, 9.17) is 4.52 Å². The minimum Gasteiger partial charge on any atom is -0.481 e. The molecule has 2 saturated carbocycles. The highest BCUT2D eigenvalue weighted by molar-refractivity contribution is 5.91. The summed E-state index contributed by atoms with van der Waals surface area (Å²) in [5, 5.41) is 16.9. The van der Waals surface area contributed by atoms with Gasteiger partial charge in [-0.25, -0.2) is 0 Å². The number of benzene rings is 1. The van der Waals surface area contributed by atoms with E-state index in [2.05, 4.69) is 24.3 Å². The second-order valence-electron chi connectivity index (χ2n) is 10.6. The highest BCUT2D eigenvalue weighted by Crippen LogP contribution is 2.52. The van der Waals surface area contributed by atoms with Gasteiger partial charge in [-0.1, -0.05) is 25.1 Å². The lowest BCUT2D eigenvalue weighted by atomic mass is 9.69. The average molecular weight is 453 g/mol. The number of hydrogen-bond donors (Lipinski definition) is 2. The number of nitrogens with zero attached hydrogens (tertiary/aromatic N) is 1. The molecule has 33 heavy (non-hydrogen) atoms. The van der Waals surface area contributed by atoms with Gasteiger partial charge >= 0.3 is 5.97 Å². The summed E-state index contributed by atoms with van der Waals surface area (Å²) in [5.41, 5.74) is 4.78. The topological polar surface area (TPSA) is 92.4 Å². The molecule has 2 aromatic rings. The van der Waals surface area contributed by atoms with Gasteiger partial charge < -0.3 is 14.9 Å². The number of carboxylic acid groups (broad SMARTS) is 1. The molecule has 1 amide bonds. The number of aryl methyl sites for hydroxylation is 2. The maximum atomic E-state index is 12.9. The minimum absolute atomic E-state index is 0.0750. The lowest BCUT2D eigenvalue weighted by Gasteiger charge is -2.35. The molecular weight excluding hydrogens is 416 g/mol. The first kappa shape index (κ1) is 23.5. The number of carbonyl (C=O) groups is 2. The van der Waals surface area contributed by atoms with Crippen LogP contribution in [-0.4, -0.2) is 22.1 Å². The molecule has 2 aliphatic rings. The van der Waals surface area contributed by atoms with Gasteiger partial charge in [0.05, 0.1) is 12.1 Å². The van der Waals surface area contributed by atoms with E-state index in [0.717, 1.165) is 59.7 Å². The first-order valence-electron chi connectivity index (χ1n) is 12.3. The second-order valence-corrected chi connectivity index (χ2v) is 10.6. The lowest BCUT2D eigenvalue weighted by Crippen LogP contribution is -2.24. The molecule has 1 aromatic heterocycles. The second kappa shape index (κ2) is 9.70. The number of carboxylic acids is 1. The smallest absolute Gasteiger partial charge is 0.304 e. The Balaban J connectivity index is 1.51. The van der Waals surface area contributed by atoms with Gasteiger partial charge in [-0.3, -0.25) is 9.59 Å². The normalized spacial score (nSPS) is 21.0. The van der Waals surface area contributed by atoms with Crippen LogP contribution in [0.25, 0.3) is 0 Å². The van der Waals surface area contributed by atoms with Crippen molar-refractivity contribution < 1.29 is 19.2 Å². The molecule has 0 aliphatic heterocycles. The van der Waals surface area contributed by atoms with Crippen LogP contribution in [0.4, 0.5) is 5.69 Å². The average Bonchev–Trinajstić information content (AvgIpc) is 3.45. The van der Waals surface area contributed by atoms with E-state index in [9.17, 15) is 14.7 Å². The quantitative estimate of drug-likeness (QED) is 0.441. The third kappa shape index (κ3) is 5.66. The van der Waals surface area contributed by atoms with Gasteiger partial charge in [0.15, 0.2) is 0 Å². The first-order chi connectivity index (χ1) is 15.7. The Bertz CT molecular complexity index is 1020. The Morgan fingerprint density at radius 3 is 2.45 bits per heavy atom. The van der Waals surface area contributed by atoms with Gasteiger partial charge in [-0.05, 0) is 87.0 Å². The zero-order valence-electron chi connectivity index (χ0n) is 20.2. The summed E-state index contributed by atoms with van der Waals surface area (Å²) in [7, 11) is 0. The number of aromatic nitrogens is 1. The molecular formula is C27H36N2O4. The number of rotatable bonds is 10. The predicted molar refractivity (Wildman–Crippen MR) is 128 cm³/mol. The number of amides is 1. The van der Waals surface area contributed by atoms with Crippen molar-refractivity contribution in [3.63, 3.8) is 0 Å². The first-order valence-corrected chi connectivity index (χ1v) is 12.3. The van der Waals surface area contributed by atoms with Crippen molar-refractivity contribution in [1.29, 1.82) is 0 Å². The molecule has 2 fully saturated rings. The van der Waals surface area contributed by atoms with Gasteiger partial charge in [0, 0.05) is 29.5 Å². The maximum Gasteiger partial charge on any atom is 0.304 e. The largest absolute Gasteiger partial charge is 0.481 e. The summed E-state index contributed by atoms with van der Waals surface area (Å²) < 4.78 is 5.87. The molecule has 2 aliphatic carbocycles. The van der Waals surface area contributed by atoms with Crippen molar-refractivity contribution in [3.8, 4) is 0 Å². The zero-order valence-corrected chi connectivity index (χ0v) is 20.2. The molecule has 1 unspecified atom stereocenters. The minimum atomic E-state index is -0.925. The molecule has 4 rings (SSSR count). The summed E-state index contributed by atoms with van der Waals surface area (Å²) in [6.45, 7) is 8.55. The van der Waals surface area contributed by atoms with Crippen LogP contribution in [0, 0.1) is 25.7 Å². The van der Waals surface area contributed by atoms with E-state index < -0.39 is 11.9 Å². The van der Waals surface area contributed by atoms with E-state index in [1.165, 1.54) is 6.42 Å². The zero-order chi connectivity index (χ0) is 23.7. The van der Waals surface area contributed by atoms with Gasteiger partial charge in [-0.2, -0.15) is 0 Å². The summed E-state index contributed by atoms with van der Waals surface area (Å²) in [4.78, 5) is 24.5. The van der Waals surface area contributed by atoms with Gasteiger partial charge in [0.1, 0.15) is 5.76 Å². The molecule has 0 spiro atoms. The van der Waals surface area contributed by atoms with Crippen molar-refractivity contribution in [1.82, 2.24) is 5.16 Å². The number of hydrogen-bond acceptors (Lipinski definition) is 4. The fraction of sp³-hybridized carbons (Fsp3) is 0.593. The van der Waals surface area contributed by atoms with E-state index in [1.54, 1.807) is 0 Å². The van der Waals surface area contributed by atoms with Crippen LogP contribution >= 0.6 is 0 Å². The molecule has 1 aromatic carbocycles. The van der Waals surface area contributed by atoms with Crippen LogP contribution in [0.15, 0.2) is 22.7 Å². The highest BCUT2D eigenvalue weighted by Gasteiger charge is 2.42. The summed E-state index contributed by atoms with van der Waals surface area (Å²) in [6.07, 6.45) is 5.57. The number of nitrogens with one attached hydrogen (secondary N) is 1. The van der Waals surface area contributed by atoms with Crippen LogP contribution < -0.4 is 5.32 Å². The Morgan fingerprint density at radius 1 is 1.12 bits per heavy atom. The Hall–Kier alpha value is -2.63. The molecule has 0 saturated heterocycles. The van der Waals surface area contributed by atoms with Crippen LogP contribution in [0.5, 0.6) is 0 Å². The highest BCUT2D eigenvalue weighted by atomic mass is 16.5. The van der Waals surface area contributed by atoms with Crippen molar-refractivity contribution in [2.45, 2.75) is 90.4 Å². The predicted octanol–water partition coefficient (Wildman–Crippen LogP) is 6.30. The number of aliphatic carboxylic acids is 1. The van der Waals surface area contributed by atoms with Crippen molar-refractivity contribution in [2.24, 2.45) is 11.8 Å². The fourth-order valence-corrected chi connectivity index (χ4v) is 5.23. The Labute approximate surface area is 196 Å². The maximum absolute atomic E-state index is 12.9. The molecule has 0 bridgehead atoms. The molecule has 1 atom stereocenters. The SMILES string of the molecule is Cc1ccc(NC(=O)CC(CC(=O)O)c2noc(C3CC(CC(C)C)C3)c2C2CC2)cc1C. The third-order valence-corrected chi connectivity index (χ3v) is 7.21. The summed E-state index contributed by atoms with van der Waals surface area (Å²) in [5.74, 6) is 1.53. The fourth-order valence-electron chi connectivity index (χ4n) is 5.23. The van der Waals surface area contributed by atoms with Crippen molar-refractivity contribution in [3.05, 3.63) is 46.3 Å². The van der Waals surface area contributed by atoms with Crippen molar-refractivity contribution >= 4 is 17.6 Å². The Morgan fingerprint density at radius 2 is 1.85 bits per heavy atom. The van der Waals surface area contributed by atoms with Crippen LogP contribution in [0.3, 0.4) is 0 Å². The molecule has 6 nitrogen and oxygen atoms in total. The standard InChI is InChI=1S/C27H36N2O4/c1-15(2)9-18-11-21(12-18)27-25(19-6-7-19)26(29-33-27)20(14-24(31)32)13-23(30)28-22-8-5-16(3)17(4)10-22/h5,8,10,15,18-21H,6-7,9,11-14H2,1-4H3,(H,28,30)(H,31,32). The molecule has 6 heteroatoms.